The first-order valence-corrected chi connectivity index (χ1v) is 8.03. The topological polar surface area (TPSA) is 38.9 Å². The summed E-state index contributed by atoms with van der Waals surface area (Å²) >= 11 is 1.86. The van der Waals surface area contributed by atoms with Gasteiger partial charge in [0.1, 0.15) is 0 Å². The summed E-state index contributed by atoms with van der Waals surface area (Å²) in [7, 11) is 0. The van der Waals surface area contributed by atoms with Crippen LogP contribution in [0, 0.1) is 25.2 Å². The minimum Gasteiger partial charge on any atom is -0.330 e. The van der Waals surface area contributed by atoms with Crippen molar-refractivity contribution in [3.63, 3.8) is 0 Å². The van der Waals surface area contributed by atoms with Crippen LogP contribution in [-0.4, -0.2) is 11.5 Å². The summed E-state index contributed by atoms with van der Waals surface area (Å²) in [5.74, 6) is 0.879. The molecule has 0 spiro atoms. The van der Waals surface area contributed by atoms with E-state index in [9.17, 15) is 0 Å². The molecule has 2 N–H and O–H groups in total. The van der Waals surface area contributed by atoms with Crippen molar-refractivity contribution in [1.29, 1.82) is 0 Å². The standard InChI is InChI=1S/C15H26N2S/c1-4-13-6-5-7-15(8-13,10-16)9-14-17-11(2)12(3)18-14/h13H,4-10,16H2,1-3H3. The van der Waals surface area contributed by atoms with E-state index in [1.54, 1.807) is 0 Å². The number of aryl methyl sites for hydroxylation is 2. The van der Waals surface area contributed by atoms with Gasteiger partial charge in [0, 0.05) is 11.3 Å². The molecule has 0 amide bonds. The second kappa shape index (κ2) is 5.70. The van der Waals surface area contributed by atoms with E-state index in [4.69, 9.17) is 10.7 Å². The first kappa shape index (κ1) is 14.0. The van der Waals surface area contributed by atoms with Gasteiger partial charge in [-0.1, -0.05) is 26.2 Å². The van der Waals surface area contributed by atoms with Crippen molar-refractivity contribution in [3.05, 3.63) is 15.6 Å². The van der Waals surface area contributed by atoms with E-state index in [-0.39, 0.29) is 0 Å². The number of thiazole rings is 1. The molecule has 1 heterocycles. The van der Waals surface area contributed by atoms with Crippen molar-refractivity contribution >= 4 is 11.3 Å². The third kappa shape index (κ3) is 2.94. The maximum atomic E-state index is 6.12. The normalized spacial score (nSPS) is 28.6. The van der Waals surface area contributed by atoms with E-state index in [0.717, 1.165) is 18.9 Å². The molecule has 102 valence electrons. The number of nitrogens with zero attached hydrogens (tertiary/aromatic N) is 1. The molecule has 2 rings (SSSR count). The highest BCUT2D eigenvalue weighted by molar-refractivity contribution is 7.11. The molecule has 2 unspecified atom stereocenters. The fourth-order valence-electron chi connectivity index (χ4n) is 3.28. The van der Waals surface area contributed by atoms with Crippen LogP contribution in [0.4, 0.5) is 0 Å². The smallest absolute Gasteiger partial charge is 0.0936 e. The lowest BCUT2D eigenvalue weighted by Crippen LogP contribution is -2.37. The van der Waals surface area contributed by atoms with Crippen molar-refractivity contribution in [3.8, 4) is 0 Å². The van der Waals surface area contributed by atoms with Crippen LogP contribution >= 0.6 is 11.3 Å². The van der Waals surface area contributed by atoms with E-state index < -0.39 is 0 Å². The predicted octanol–water partition coefficient (Wildman–Crippen LogP) is 3.85. The summed E-state index contributed by atoms with van der Waals surface area (Å²) in [6, 6.07) is 0. The number of hydrogen-bond acceptors (Lipinski definition) is 3. The molecule has 0 bridgehead atoms. The lowest BCUT2D eigenvalue weighted by atomic mass is 9.67. The summed E-state index contributed by atoms with van der Waals surface area (Å²) in [5.41, 5.74) is 7.65. The maximum absolute atomic E-state index is 6.12. The molecule has 2 nitrogen and oxygen atoms in total. The van der Waals surface area contributed by atoms with Gasteiger partial charge in [-0.3, -0.25) is 0 Å². The van der Waals surface area contributed by atoms with Gasteiger partial charge >= 0.3 is 0 Å². The van der Waals surface area contributed by atoms with Gasteiger partial charge in [-0.05, 0) is 44.6 Å². The summed E-state index contributed by atoms with van der Waals surface area (Å²) in [4.78, 5) is 6.07. The Labute approximate surface area is 115 Å². The Balaban J connectivity index is 2.12. The second-order valence-electron chi connectivity index (χ2n) is 6.00. The Hall–Kier alpha value is -0.410. The molecular weight excluding hydrogens is 240 g/mol. The van der Waals surface area contributed by atoms with Crippen LogP contribution in [0.25, 0.3) is 0 Å². The fraction of sp³-hybridized carbons (Fsp3) is 0.800. The molecular formula is C15H26N2S. The van der Waals surface area contributed by atoms with Gasteiger partial charge in [0.2, 0.25) is 0 Å². The summed E-state index contributed by atoms with van der Waals surface area (Å²) < 4.78 is 0. The summed E-state index contributed by atoms with van der Waals surface area (Å²) in [6.45, 7) is 7.41. The van der Waals surface area contributed by atoms with Crippen LogP contribution < -0.4 is 5.73 Å². The van der Waals surface area contributed by atoms with Crippen LogP contribution in [0.3, 0.4) is 0 Å². The molecule has 0 saturated heterocycles. The molecule has 1 aromatic rings. The lowest BCUT2D eigenvalue weighted by molar-refractivity contribution is 0.142. The average molecular weight is 266 g/mol. The Morgan fingerprint density at radius 1 is 1.44 bits per heavy atom. The van der Waals surface area contributed by atoms with E-state index in [1.165, 1.54) is 47.7 Å². The number of aromatic nitrogens is 1. The van der Waals surface area contributed by atoms with Crippen LogP contribution in [-0.2, 0) is 6.42 Å². The Morgan fingerprint density at radius 3 is 2.78 bits per heavy atom. The zero-order chi connectivity index (χ0) is 13.2. The first-order chi connectivity index (χ1) is 8.58. The minimum atomic E-state index is 0.329. The largest absolute Gasteiger partial charge is 0.330 e. The molecule has 2 atom stereocenters. The molecule has 1 aromatic heterocycles. The molecule has 0 aromatic carbocycles. The van der Waals surface area contributed by atoms with Gasteiger partial charge < -0.3 is 5.73 Å². The molecule has 1 aliphatic carbocycles. The molecule has 1 aliphatic rings. The minimum absolute atomic E-state index is 0.329. The molecule has 1 fully saturated rings. The maximum Gasteiger partial charge on any atom is 0.0936 e. The quantitative estimate of drug-likeness (QED) is 0.899. The van der Waals surface area contributed by atoms with Crippen LogP contribution in [0.5, 0.6) is 0 Å². The van der Waals surface area contributed by atoms with E-state index in [1.807, 2.05) is 11.3 Å². The number of hydrogen-bond donors (Lipinski definition) is 1. The second-order valence-corrected chi connectivity index (χ2v) is 7.29. The average Bonchev–Trinajstić information content (AvgIpc) is 2.68. The third-order valence-electron chi connectivity index (χ3n) is 4.65. The lowest BCUT2D eigenvalue weighted by Gasteiger charge is -2.39. The van der Waals surface area contributed by atoms with Crippen molar-refractivity contribution < 1.29 is 0 Å². The van der Waals surface area contributed by atoms with Gasteiger partial charge in [0.05, 0.1) is 10.7 Å². The first-order valence-electron chi connectivity index (χ1n) is 7.21. The predicted molar refractivity (Wildman–Crippen MR) is 79.0 cm³/mol. The van der Waals surface area contributed by atoms with Crippen molar-refractivity contribution in [2.75, 3.05) is 6.54 Å². The molecule has 0 radical (unpaired) electrons. The Kier molecular flexibility index (Phi) is 4.44. The van der Waals surface area contributed by atoms with Gasteiger partial charge in [-0.15, -0.1) is 11.3 Å². The zero-order valence-electron chi connectivity index (χ0n) is 12.0. The van der Waals surface area contributed by atoms with Crippen LogP contribution in [0.15, 0.2) is 0 Å². The van der Waals surface area contributed by atoms with Gasteiger partial charge in [-0.2, -0.15) is 0 Å². The molecule has 1 saturated carbocycles. The Morgan fingerprint density at radius 2 is 2.22 bits per heavy atom. The zero-order valence-corrected chi connectivity index (χ0v) is 12.8. The van der Waals surface area contributed by atoms with Gasteiger partial charge in [0.15, 0.2) is 0 Å². The SMILES string of the molecule is CCC1CCCC(CN)(Cc2nc(C)c(C)s2)C1. The monoisotopic (exact) mass is 266 g/mol. The van der Waals surface area contributed by atoms with E-state index in [2.05, 4.69) is 20.8 Å². The number of nitrogens with two attached hydrogens (primary N) is 1. The van der Waals surface area contributed by atoms with Crippen LogP contribution in [0.1, 0.15) is 54.6 Å². The molecule has 3 heteroatoms. The fourth-order valence-corrected chi connectivity index (χ4v) is 4.39. The van der Waals surface area contributed by atoms with Crippen LogP contribution in [0.2, 0.25) is 0 Å². The molecule has 0 aliphatic heterocycles. The highest BCUT2D eigenvalue weighted by atomic mass is 32.1. The number of rotatable bonds is 4. The summed E-state index contributed by atoms with van der Waals surface area (Å²) in [5, 5.41) is 1.30. The van der Waals surface area contributed by atoms with E-state index in [0.29, 0.717) is 5.41 Å². The highest BCUT2D eigenvalue weighted by Gasteiger charge is 2.35. The van der Waals surface area contributed by atoms with Crippen molar-refractivity contribution in [2.45, 2.75) is 59.3 Å². The van der Waals surface area contributed by atoms with Gasteiger partial charge in [-0.25, -0.2) is 4.98 Å². The Bertz CT molecular complexity index is 380. The third-order valence-corrected chi connectivity index (χ3v) is 5.72. The van der Waals surface area contributed by atoms with E-state index >= 15 is 0 Å². The molecule has 18 heavy (non-hydrogen) atoms. The van der Waals surface area contributed by atoms with Crippen molar-refractivity contribution in [1.82, 2.24) is 4.98 Å². The van der Waals surface area contributed by atoms with Gasteiger partial charge in [0.25, 0.3) is 0 Å². The van der Waals surface area contributed by atoms with Crippen molar-refractivity contribution in [2.24, 2.45) is 17.1 Å². The summed E-state index contributed by atoms with van der Waals surface area (Å²) in [6.07, 6.45) is 7.74. The highest BCUT2D eigenvalue weighted by Crippen LogP contribution is 2.43.